The lowest BCUT2D eigenvalue weighted by molar-refractivity contribution is -0.134. The molecule has 0 fully saturated rings. The zero-order chi connectivity index (χ0) is 19.1. The van der Waals surface area contributed by atoms with Gasteiger partial charge in [0.2, 0.25) is 11.8 Å². The lowest BCUT2D eigenvalue weighted by Gasteiger charge is -2.19. The summed E-state index contributed by atoms with van der Waals surface area (Å²) in [5, 5.41) is 6.77. The van der Waals surface area contributed by atoms with E-state index in [0.717, 1.165) is 5.56 Å². The third kappa shape index (κ3) is 6.05. The first-order chi connectivity index (χ1) is 12.4. The molecule has 0 bridgehead atoms. The molecule has 8 heteroatoms. The van der Waals surface area contributed by atoms with Gasteiger partial charge in [0.15, 0.2) is 0 Å². The van der Waals surface area contributed by atoms with Crippen LogP contribution >= 0.6 is 23.2 Å². The molecule has 2 N–H and O–H groups in total. The predicted molar refractivity (Wildman–Crippen MR) is 101 cm³/mol. The molecule has 2 aromatic rings. The number of rotatable bonds is 8. The van der Waals surface area contributed by atoms with Crippen molar-refractivity contribution in [1.29, 1.82) is 0 Å². The quantitative estimate of drug-likeness (QED) is 0.717. The SMILES string of the molecule is C[C@@H](NCC(=O)N(C)CC(=O)NCc1ccco1)c1ccc(Cl)c(Cl)c1. The van der Waals surface area contributed by atoms with Crippen LogP contribution in [-0.4, -0.2) is 36.9 Å². The smallest absolute Gasteiger partial charge is 0.239 e. The molecule has 26 heavy (non-hydrogen) atoms. The predicted octanol–water partition coefficient (Wildman–Crippen LogP) is 3.01. The Morgan fingerprint density at radius 1 is 1.23 bits per heavy atom. The summed E-state index contributed by atoms with van der Waals surface area (Å²) in [5.41, 5.74) is 0.922. The first kappa shape index (κ1) is 20.3. The highest BCUT2D eigenvalue weighted by Crippen LogP contribution is 2.25. The monoisotopic (exact) mass is 397 g/mol. The number of carbonyl (C=O) groups excluding carboxylic acids is 2. The fraction of sp³-hybridized carbons (Fsp3) is 0.333. The minimum atomic E-state index is -0.255. The first-order valence-corrected chi connectivity index (χ1v) is 8.83. The van der Waals surface area contributed by atoms with Gasteiger partial charge in [0.1, 0.15) is 5.76 Å². The van der Waals surface area contributed by atoms with Gasteiger partial charge in [-0.1, -0.05) is 29.3 Å². The standard InChI is InChI=1S/C18H21Cl2N3O3/c1-12(13-5-6-15(19)16(20)8-13)21-10-18(25)23(2)11-17(24)22-9-14-4-3-7-26-14/h3-8,12,21H,9-11H2,1-2H3,(H,22,24)/t12-/m1/s1. The van der Waals surface area contributed by atoms with E-state index in [1.807, 2.05) is 13.0 Å². The van der Waals surface area contributed by atoms with Crippen LogP contribution in [0, 0.1) is 0 Å². The van der Waals surface area contributed by atoms with E-state index >= 15 is 0 Å². The summed E-state index contributed by atoms with van der Waals surface area (Å²) >= 11 is 11.9. The van der Waals surface area contributed by atoms with Crippen LogP contribution in [0.25, 0.3) is 0 Å². The van der Waals surface area contributed by atoms with Gasteiger partial charge in [0.25, 0.3) is 0 Å². The van der Waals surface area contributed by atoms with Gasteiger partial charge in [-0.3, -0.25) is 9.59 Å². The average Bonchev–Trinajstić information content (AvgIpc) is 3.13. The normalized spacial score (nSPS) is 11.8. The Morgan fingerprint density at radius 3 is 2.65 bits per heavy atom. The molecular formula is C18H21Cl2N3O3. The summed E-state index contributed by atoms with van der Waals surface area (Å²) in [7, 11) is 1.58. The lowest BCUT2D eigenvalue weighted by atomic mass is 10.1. The van der Waals surface area contributed by atoms with Crippen LogP contribution in [0.4, 0.5) is 0 Å². The van der Waals surface area contributed by atoms with Crippen molar-refractivity contribution in [3.05, 3.63) is 58.0 Å². The van der Waals surface area contributed by atoms with Gasteiger partial charge < -0.3 is 20.0 Å². The summed E-state index contributed by atoms with van der Waals surface area (Å²) in [4.78, 5) is 25.4. The number of benzene rings is 1. The molecule has 6 nitrogen and oxygen atoms in total. The van der Waals surface area contributed by atoms with Crippen LogP contribution in [-0.2, 0) is 16.1 Å². The lowest BCUT2D eigenvalue weighted by Crippen LogP contribution is -2.42. The van der Waals surface area contributed by atoms with Gasteiger partial charge >= 0.3 is 0 Å². The number of likely N-dealkylation sites (N-methyl/N-ethyl adjacent to an activating group) is 1. The van der Waals surface area contributed by atoms with E-state index < -0.39 is 0 Å². The molecule has 2 amide bonds. The number of carbonyl (C=O) groups is 2. The summed E-state index contributed by atoms with van der Waals surface area (Å²) in [5.74, 6) is 0.212. The molecule has 1 atom stereocenters. The highest BCUT2D eigenvalue weighted by molar-refractivity contribution is 6.42. The Kier molecular flexibility index (Phi) is 7.50. The van der Waals surface area contributed by atoms with Crippen LogP contribution in [0.3, 0.4) is 0 Å². The maximum Gasteiger partial charge on any atom is 0.239 e. The van der Waals surface area contributed by atoms with E-state index in [1.54, 1.807) is 31.3 Å². The fourth-order valence-corrected chi connectivity index (χ4v) is 2.54. The Morgan fingerprint density at radius 2 is 2.00 bits per heavy atom. The second-order valence-electron chi connectivity index (χ2n) is 5.88. The molecule has 0 radical (unpaired) electrons. The number of nitrogens with zero attached hydrogens (tertiary/aromatic N) is 1. The number of halogens is 2. The Bertz CT molecular complexity index is 750. The minimum absolute atomic E-state index is 0.0254. The third-order valence-electron chi connectivity index (χ3n) is 3.85. The van der Waals surface area contributed by atoms with E-state index in [0.29, 0.717) is 22.4 Å². The fourth-order valence-electron chi connectivity index (χ4n) is 2.23. The molecule has 0 saturated carbocycles. The highest BCUT2D eigenvalue weighted by Gasteiger charge is 2.15. The van der Waals surface area contributed by atoms with E-state index in [1.165, 1.54) is 11.2 Å². The Hall–Kier alpha value is -2.02. The van der Waals surface area contributed by atoms with Crippen molar-refractivity contribution < 1.29 is 14.0 Å². The van der Waals surface area contributed by atoms with Crippen LogP contribution < -0.4 is 10.6 Å². The van der Waals surface area contributed by atoms with Crippen molar-refractivity contribution in [1.82, 2.24) is 15.5 Å². The number of hydrogen-bond donors (Lipinski definition) is 2. The van der Waals surface area contributed by atoms with Crippen molar-refractivity contribution in [2.24, 2.45) is 0 Å². The van der Waals surface area contributed by atoms with E-state index in [4.69, 9.17) is 27.6 Å². The van der Waals surface area contributed by atoms with Crippen molar-refractivity contribution in [2.75, 3.05) is 20.1 Å². The highest BCUT2D eigenvalue weighted by atomic mass is 35.5. The summed E-state index contributed by atoms with van der Waals surface area (Å²) < 4.78 is 5.14. The Balaban J connectivity index is 1.75. The minimum Gasteiger partial charge on any atom is -0.467 e. The van der Waals surface area contributed by atoms with Crippen LogP contribution in [0.2, 0.25) is 10.0 Å². The van der Waals surface area contributed by atoms with Gasteiger partial charge in [0, 0.05) is 13.1 Å². The summed E-state index contributed by atoms with van der Waals surface area (Å²) in [6, 6.07) is 8.76. The number of furan rings is 1. The summed E-state index contributed by atoms with van der Waals surface area (Å²) in [6.45, 7) is 2.29. The Labute approximate surface area is 162 Å². The zero-order valence-electron chi connectivity index (χ0n) is 14.6. The molecule has 0 saturated heterocycles. The van der Waals surface area contributed by atoms with Crippen molar-refractivity contribution in [3.63, 3.8) is 0 Å². The van der Waals surface area contributed by atoms with E-state index in [2.05, 4.69) is 10.6 Å². The second kappa shape index (κ2) is 9.62. The molecule has 0 aliphatic heterocycles. The summed E-state index contributed by atoms with van der Waals surface area (Å²) in [6.07, 6.45) is 1.54. The van der Waals surface area contributed by atoms with E-state index in [-0.39, 0.29) is 30.9 Å². The molecule has 140 valence electrons. The average molecular weight is 398 g/mol. The molecule has 0 aliphatic carbocycles. The molecule has 0 aliphatic rings. The third-order valence-corrected chi connectivity index (χ3v) is 4.59. The molecule has 1 heterocycles. The van der Waals surface area contributed by atoms with Crippen LogP contribution in [0.5, 0.6) is 0 Å². The first-order valence-electron chi connectivity index (χ1n) is 8.08. The van der Waals surface area contributed by atoms with E-state index in [9.17, 15) is 9.59 Å². The van der Waals surface area contributed by atoms with Crippen LogP contribution in [0.15, 0.2) is 41.0 Å². The van der Waals surface area contributed by atoms with Crippen molar-refractivity contribution >= 4 is 35.0 Å². The van der Waals surface area contributed by atoms with Gasteiger partial charge in [-0.2, -0.15) is 0 Å². The molecular weight excluding hydrogens is 377 g/mol. The van der Waals surface area contributed by atoms with Gasteiger partial charge in [-0.15, -0.1) is 0 Å². The van der Waals surface area contributed by atoms with Gasteiger partial charge in [0.05, 0.1) is 35.9 Å². The number of amides is 2. The van der Waals surface area contributed by atoms with Crippen LogP contribution in [0.1, 0.15) is 24.3 Å². The van der Waals surface area contributed by atoms with Crippen molar-refractivity contribution in [3.8, 4) is 0 Å². The van der Waals surface area contributed by atoms with Crippen molar-refractivity contribution in [2.45, 2.75) is 19.5 Å². The maximum atomic E-state index is 12.2. The topological polar surface area (TPSA) is 74.6 Å². The number of nitrogens with one attached hydrogen (secondary N) is 2. The largest absolute Gasteiger partial charge is 0.467 e. The van der Waals surface area contributed by atoms with Gasteiger partial charge in [-0.05, 0) is 36.8 Å². The van der Waals surface area contributed by atoms with Gasteiger partial charge in [-0.25, -0.2) is 0 Å². The molecule has 0 unspecified atom stereocenters. The number of hydrogen-bond acceptors (Lipinski definition) is 4. The molecule has 1 aromatic heterocycles. The maximum absolute atomic E-state index is 12.2. The zero-order valence-corrected chi connectivity index (χ0v) is 16.1. The molecule has 1 aromatic carbocycles. The second-order valence-corrected chi connectivity index (χ2v) is 6.70. The molecule has 0 spiro atoms. The molecule has 2 rings (SSSR count).